The van der Waals surface area contributed by atoms with Crippen LogP contribution in [0.15, 0.2) is 30.3 Å². The average Bonchev–Trinajstić information content (AvgIpc) is 2.60. The maximum atomic E-state index is 11.2. The lowest BCUT2D eigenvalue weighted by molar-refractivity contribution is -0.137. The lowest BCUT2D eigenvalue weighted by Gasteiger charge is -2.29. The van der Waals surface area contributed by atoms with Crippen LogP contribution in [0.3, 0.4) is 0 Å². The fourth-order valence-corrected chi connectivity index (χ4v) is 3.07. The number of aliphatic carboxylic acids is 1. The average molecular weight is 347 g/mol. The summed E-state index contributed by atoms with van der Waals surface area (Å²) in [6.07, 6.45) is 12.7. The van der Waals surface area contributed by atoms with Gasteiger partial charge in [-0.2, -0.15) is 0 Å². The van der Waals surface area contributed by atoms with Gasteiger partial charge in [-0.15, -0.1) is 0 Å². The van der Waals surface area contributed by atoms with Crippen molar-refractivity contribution in [2.24, 2.45) is 0 Å². The van der Waals surface area contributed by atoms with E-state index in [1.54, 1.807) is 0 Å². The molecular formula is C22H34O3. The fourth-order valence-electron chi connectivity index (χ4n) is 3.07. The van der Waals surface area contributed by atoms with Crippen molar-refractivity contribution in [1.29, 1.82) is 0 Å². The molecule has 2 N–H and O–H groups in total. The van der Waals surface area contributed by atoms with Gasteiger partial charge in [0.25, 0.3) is 0 Å². The maximum Gasteiger partial charge on any atom is 0.303 e. The molecule has 0 aliphatic rings. The Balaban J connectivity index is 2.78. The number of carboxylic acid groups (broad SMARTS) is 1. The predicted octanol–water partition coefficient (Wildman–Crippen LogP) is 5.91. The third-order valence-electron chi connectivity index (χ3n) is 4.63. The van der Waals surface area contributed by atoms with Crippen LogP contribution >= 0.6 is 0 Å². The van der Waals surface area contributed by atoms with Crippen molar-refractivity contribution in [3.8, 4) is 0 Å². The molecule has 3 nitrogen and oxygen atoms in total. The van der Waals surface area contributed by atoms with Crippen molar-refractivity contribution in [2.45, 2.75) is 83.7 Å². The van der Waals surface area contributed by atoms with E-state index in [1.165, 1.54) is 0 Å². The zero-order valence-electron chi connectivity index (χ0n) is 15.8. The number of hydrogen-bond donors (Lipinski definition) is 2. The highest BCUT2D eigenvalue weighted by Crippen LogP contribution is 2.33. The van der Waals surface area contributed by atoms with Crippen molar-refractivity contribution < 1.29 is 15.0 Å². The van der Waals surface area contributed by atoms with Gasteiger partial charge >= 0.3 is 5.97 Å². The Morgan fingerprint density at radius 2 is 1.80 bits per heavy atom. The first-order valence-electron chi connectivity index (χ1n) is 9.73. The highest BCUT2D eigenvalue weighted by Gasteiger charge is 2.27. The molecule has 1 atom stereocenters. The van der Waals surface area contributed by atoms with E-state index in [1.807, 2.05) is 30.4 Å². The number of rotatable bonds is 13. The molecule has 0 spiro atoms. The topological polar surface area (TPSA) is 57.5 Å². The number of allylic oxidation sites excluding steroid dienone is 1. The number of hydrogen-bond acceptors (Lipinski definition) is 2. The van der Waals surface area contributed by atoms with Crippen LogP contribution in [-0.2, 0) is 10.4 Å². The molecule has 1 aromatic rings. The SMILES string of the molecule is CCCCCC(O)(CCCC)c1cccc(/C=C\CCCC(=O)O)c1. The normalized spacial score (nSPS) is 13.9. The summed E-state index contributed by atoms with van der Waals surface area (Å²) < 4.78 is 0. The highest BCUT2D eigenvalue weighted by molar-refractivity contribution is 5.66. The van der Waals surface area contributed by atoms with Gasteiger partial charge in [-0.3, -0.25) is 4.79 Å². The smallest absolute Gasteiger partial charge is 0.303 e. The molecule has 0 aromatic heterocycles. The second-order valence-corrected chi connectivity index (χ2v) is 6.91. The van der Waals surface area contributed by atoms with Gasteiger partial charge in [0.15, 0.2) is 0 Å². The zero-order chi connectivity index (χ0) is 18.5. The fraction of sp³-hybridized carbons (Fsp3) is 0.591. The molecule has 0 radical (unpaired) electrons. The van der Waals surface area contributed by atoms with Crippen LogP contribution in [0.1, 0.15) is 89.2 Å². The van der Waals surface area contributed by atoms with Crippen LogP contribution in [0, 0.1) is 0 Å². The van der Waals surface area contributed by atoms with Gasteiger partial charge < -0.3 is 10.2 Å². The van der Waals surface area contributed by atoms with Crippen LogP contribution in [-0.4, -0.2) is 16.2 Å². The standard InChI is InChI=1S/C22H34O3/c1-3-5-10-17-22(25,16-6-4-2)20-14-11-13-19(18-20)12-8-7-9-15-21(23)24/h8,11-14,18,25H,3-7,9-10,15-17H2,1-2H3,(H,23,24)/b12-8-. The van der Waals surface area contributed by atoms with Gasteiger partial charge in [0.2, 0.25) is 0 Å². The van der Waals surface area contributed by atoms with Crippen molar-refractivity contribution in [3.05, 3.63) is 41.5 Å². The summed E-state index contributed by atoms with van der Waals surface area (Å²) in [5.74, 6) is -0.747. The molecule has 0 bridgehead atoms. The van der Waals surface area contributed by atoms with Gasteiger partial charge in [-0.05, 0) is 42.9 Å². The number of aliphatic hydroxyl groups is 1. The van der Waals surface area contributed by atoms with E-state index in [4.69, 9.17) is 5.11 Å². The molecule has 0 saturated carbocycles. The Kier molecular flexibility index (Phi) is 10.2. The Morgan fingerprint density at radius 1 is 1.08 bits per heavy atom. The van der Waals surface area contributed by atoms with Crippen molar-refractivity contribution in [3.63, 3.8) is 0 Å². The molecule has 3 heteroatoms. The largest absolute Gasteiger partial charge is 0.481 e. The molecule has 1 rings (SSSR count). The van der Waals surface area contributed by atoms with E-state index in [-0.39, 0.29) is 6.42 Å². The Hall–Kier alpha value is -1.61. The molecule has 0 fully saturated rings. The van der Waals surface area contributed by atoms with Gasteiger partial charge in [-0.1, -0.05) is 76.3 Å². The van der Waals surface area contributed by atoms with Gasteiger partial charge in [0, 0.05) is 6.42 Å². The molecule has 0 saturated heterocycles. The summed E-state index contributed by atoms with van der Waals surface area (Å²) >= 11 is 0. The summed E-state index contributed by atoms with van der Waals surface area (Å²) in [4.78, 5) is 10.5. The molecular weight excluding hydrogens is 312 g/mol. The second kappa shape index (κ2) is 11.9. The van der Waals surface area contributed by atoms with E-state index >= 15 is 0 Å². The van der Waals surface area contributed by atoms with Gasteiger partial charge in [0.1, 0.15) is 0 Å². The Labute approximate surface area is 152 Å². The molecule has 0 heterocycles. The first-order chi connectivity index (χ1) is 12.0. The quantitative estimate of drug-likeness (QED) is 0.436. The summed E-state index contributed by atoms with van der Waals surface area (Å²) in [5, 5.41) is 19.9. The summed E-state index contributed by atoms with van der Waals surface area (Å²) in [6, 6.07) is 8.14. The number of benzene rings is 1. The Bertz CT molecular complexity index is 536. The lowest BCUT2D eigenvalue weighted by atomic mass is 9.83. The monoisotopic (exact) mass is 346 g/mol. The summed E-state index contributed by atoms with van der Waals surface area (Å²) in [5.41, 5.74) is 1.33. The minimum absolute atomic E-state index is 0.207. The highest BCUT2D eigenvalue weighted by atomic mass is 16.4. The van der Waals surface area contributed by atoms with E-state index in [2.05, 4.69) is 19.9 Å². The van der Waals surface area contributed by atoms with Crippen molar-refractivity contribution >= 4 is 12.0 Å². The van der Waals surface area contributed by atoms with E-state index < -0.39 is 11.6 Å². The van der Waals surface area contributed by atoms with Crippen LogP contribution in [0.25, 0.3) is 6.08 Å². The number of unbranched alkanes of at least 4 members (excludes halogenated alkanes) is 4. The van der Waals surface area contributed by atoms with Crippen LogP contribution < -0.4 is 0 Å². The molecule has 1 unspecified atom stereocenters. The van der Waals surface area contributed by atoms with Gasteiger partial charge in [-0.25, -0.2) is 0 Å². The molecule has 0 aliphatic heterocycles. The molecule has 25 heavy (non-hydrogen) atoms. The summed E-state index contributed by atoms with van der Waals surface area (Å²) in [6.45, 7) is 4.34. The molecule has 1 aromatic carbocycles. The minimum atomic E-state index is -0.747. The second-order valence-electron chi connectivity index (χ2n) is 6.91. The van der Waals surface area contributed by atoms with E-state index in [0.29, 0.717) is 6.42 Å². The van der Waals surface area contributed by atoms with Crippen molar-refractivity contribution in [2.75, 3.05) is 0 Å². The predicted molar refractivity (Wildman–Crippen MR) is 105 cm³/mol. The third kappa shape index (κ3) is 8.35. The first kappa shape index (κ1) is 21.4. The van der Waals surface area contributed by atoms with Crippen LogP contribution in [0.5, 0.6) is 0 Å². The van der Waals surface area contributed by atoms with Crippen LogP contribution in [0.2, 0.25) is 0 Å². The number of carbonyl (C=O) groups is 1. The molecule has 0 amide bonds. The third-order valence-corrected chi connectivity index (χ3v) is 4.63. The van der Waals surface area contributed by atoms with Crippen molar-refractivity contribution in [1.82, 2.24) is 0 Å². The lowest BCUT2D eigenvalue weighted by Crippen LogP contribution is -2.25. The van der Waals surface area contributed by atoms with Gasteiger partial charge in [0.05, 0.1) is 5.60 Å². The zero-order valence-corrected chi connectivity index (χ0v) is 15.8. The molecule has 140 valence electrons. The first-order valence-corrected chi connectivity index (χ1v) is 9.73. The Morgan fingerprint density at radius 3 is 2.48 bits per heavy atom. The van der Waals surface area contributed by atoms with Crippen LogP contribution in [0.4, 0.5) is 0 Å². The molecule has 0 aliphatic carbocycles. The van der Waals surface area contributed by atoms with E-state index in [9.17, 15) is 9.90 Å². The number of carboxylic acids is 1. The minimum Gasteiger partial charge on any atom is -0.481 e. The van der Waals surface area contributed by atoms with E-state index in [0.717, 1.165) is 62.5 Å². The summed E-state index contributed by atoms with van der Waals surface area (Å²) in [7, 11) is 0. The maximum absolute atomic E-state index is 11.2.